The molecule has 0 spiro atoms. The van der Waals surface area contributed by atoms with Gasteiger partial charge in [0.15, 0.2) is 0 Å². The first-order chi connectivity index (χ1) is 8.71. The topological polar surface area (TPSA) is 42.0 Å². The minimum Gasteiger partial charge on any atom is -0.378 e. The van der Waals surface area contributed by atoms with Crippen LogP contribution in [0, 0.1) is 0 Å². The van der Waals surface area contributed by atoms with Gasteiger partial charge in [0.1, 0.15) is 4.75 Å². The molecule has 0 aromatic carbocycles. The molecule has 98 valence electrons. The van der Waals surface area contributed by atoms with Gasteiger partial charge in [-0.3, -0.25) is 9.19 Å². The zero-order valence-electron chi connectivity index (χ0n) is 10.5. The smallest absolute Gasteiger partial charge is 0.122 e. The Balaban J connectivity index is 2.45. The summed E-state index contributed by atoms with van der Waals surface area (Å²) in [5.74, 6) is 0.723. The minimum absolute atomic E-state index is 0.530. The third-order valence-corrected chi connectivity index (χ3v) is 6.03. The first kappa shape index (κ1) is 13.6. The van der Waals surface area contributed by atoms with Crippen LogP contribution in [0.1, 0.15) is 31.7 Å². The average Bonchev–Trinajstić information content (AvgIpc) is 2.41. The predicted molar refractivity (Wildman–Crippen MR) is 79.1 cm³/mol. The van der Waals surface area contributed by atoms with Gasteiger partial charge in [-0.2, -0.15) is 0 Å². The normalized spacial score (nSPS) is 27.7. The van der Waals surface area contributed by atoms with Crippen molar-refractivity contribution >= 4 is 28.0 Å². The van der Waals surface area contributed by atoms with Gasteiger partial charge in [-0.1, -0.05) is 24.7 Å². The van der Waals surface area contributed by atoms with Crippen molar-refractivity contribution in [2.24, 2.45) is 0 Å². The molecule has 0 bridgehead atoms. The number of hydrogen-bond donors (Lipinski definition) is 1. The standard InChI is InChI=1S/C13H18N2OS2/c1-2-15-12(17)13(7-3-4-9-18(13)16)11-6-5-8-14-10-11/h5-6,8,10H,2-4,7,9H2,1H3,(H,15,17). The Morgan fingerprint density at radius 1 is 1.61 bits per heavy atom. The van der Waals surface area contributed by atoms with Crippen LogP contribution in [0.4, 0.5) is 0 Å². The molecule has 2 rings (SSSR count). The monoisotopic (exact) mass is 282 g/mol. The van der Waals surface area contributed by atoms with Crippen molar-refractivity contribution < 1.29 is 4.21 Å². The number of aromatic nitrogens is 1. The average molecular weight is 282 g/mol. The molecule has 1 aliphatic rings. The van der Waals surface area contributed by atoms with E-state index in [4.69, 9.17) is 12.2 Å². The fraction of sp³-hybridized carbons (Fsp3) is 0.538. The zero-order chi connectivity index (χ0) is 13.0. The zero-order valence-corrected chi connectivity index (χ0v) is 12.1. The van der Waals surface area contributed by atoms with Gasteiger partial charge in [0.25, 0.3) is 0 Å². The molecule has 1 aromatic heterocycles. The van der Waals surface area contributed by atoms with Gasteiger partial charge in [-0.05, 0) is 31.4 Å². The van der Waals surface area contributed by atoms with E-state index in [1.807, 2.05) is 19.1 Å². The van der Waals surface area contributed by atoms with E-state index in [-0.39, 0.29) is 0 Å². The number of nitrogens with zero attached hydrogens (tertiary/aromatic N) is 1. The number of pyridine rings is 1. The number of hydrogen-bond acceptors (Lipinski definition) is 3. The van der Waals surface area contributed by atoms with Gasteiger partial charge >= 0.3 is 0 Å². The Morgan fingerprint density at radius 3 is 3.06 bits per heavy atom. The lowest BCUT2D eigenvalue weighted by Gasteiger charge is -2.37. The van der Waals surface area contributed by atoms with Gasteiger partial charge in [0.2, 0.25) is 0 Å². The molecule has 1 aliphatic heterocycles. The van der Waals surface area contributed by atoms with Crippen LogP contribution < -0.4 is 5.32 Å². The second-order valence-corrected chi connectivity index (χ2v) is 6.64. The molecule has 0 saturated carbocycles. The maximum absolute atomic E-state index is 12.6. The Bertz CT molecular complexity index is 450. The molecule has 0 radical (unpaired) electrons. The van der Waals surface area contributed by atoms with E-state index >= 15 is 0 Å². The van der Waals surface area contributed by atoms with Gasteiger partial charge in [-0.15, -0.1) is 0 Å². The highest BCUT2D eigenvalue weighted by atomic mass is 32.2. The summed E-state index contributed by atoms with van der Waals surface area (Å²) >= 11 is 5.51. The lowest BCUT2D eigenvalue weighted by Crippen LogP contribution is -2.48. The molecule has 1 N–H and O–H groups in total. The van der Waals surface area contributed by atoms with Gasteiger partial charge in [-0.25, -0.2) is 0 Å². The summed E-state index contributed by atoms with van der Waals surface area (Å²) in [4.78, 5) is 4.86. The van der Waals surface area contributed by atoms with Gasteiger partial charge in [0.05, 0.1) is 4.99 Å². The van der Waals surface area contributed by atoms with Crippen molar-refractivity contribution in [2.75, 3.05) is 12.3 Å². The molecule has 0 aliphatic carbocycles. The van der Waals surface area contributed by atoms with Crippen LogP contribution in [0.25, 0.3) is 0 Å². The van der Waals surface area contributed by atoms with Gasteiger partial charge < -0.3 is 5.32 Å². The summed E-state index contributed by atoms with van der Waals surface area (Å²) in [6.07, 6.45) is 6.46. The predicted octanol–water partition coefficient (Wildman–Crippen LogP) is 2.15. The number of nitrogens with one attached hydrogen (secondary N) is 1. The molecular weight excluding hydrogens is 264 g/mol. The summed E-state index contributed by atoms with van der Waals surface area (Å²) in [6, 6.07) is 3.87. The lowest BCUT2D eigenvalue weighted by molar-refractivity contribution is 0.571. The SMILES string of the molecule is CCNC(=S)C1(c2cccnc2)CCCCS1=O. The second kappa shape index (κ2) is 5.89. The second-order valence-electron chi connectivity index (χ2n) is 4.43. The minimum atomic E-state index is -0.963. The van der Waals surface area contributed by atoms with Crippen LogP contribution >= 0.6 is 12.2 Å². The van der Waals surface area contributed by atoms with Crippen molar-refractivity contribution in [3.05, 3.63) is 30.1 Å². The molecule has 1 fully saturated rings. The molecule has 2 unspecified atom stereocenters. The first-order valence-corrected chi connectivity index (χ1v) is 8.02. The molecule has 1 aromatic rings. The van der Waals surface area contributed by atoms with Crippen LogP contribution in [0.3, 0.4) is 0 Å². The quantitative estimate of drug-likeness (QED) is 0.863. The van der Waals surface area contributed by atoms with E-state index in [2.05, 4.69) is 10.3 Å². The van der Waals surface area contributed by atoms with Crippen molar-refractivity contribution in [3.63, 3.8) is 0 Å². The van der Waals surface area contributed by atoms with Crippen LogP contribution in [-0.2, 0) is 15.5 Å². The molecule has 3 nitrogen and oxygen atoms in total. The highest BCUT2D eigenvalue weighted by Gasteiger charge is 2.44. The largest absolute Gasteiger partial charge is 0.378 e. The summed E-state index contributed by atoms with van der Waals surface area (Å²) in [5, 5.41) is 3.20. The van der Waals surface area contributed by atoms with Crippen molar-refractivity contribution in [3.8, 4) is 0 Å². The first-order valence-electron chi connectivity index (χ1n) is 6.29. The van der Waals surface area contributed by atoms with Gasteiger partial charge in [0, 0.05) is 35.5 Å². The van der Waals surface area contributed by atoms with Crippen LogP contribution in [-0.4, -0.2) is 26.5 Å². The van der Waals surface area contributed by atoms with Crippen LogP contribution in [0.2, 0.25) is 0 Å². The van der Waals surface area contributed by atoms with Crippen molar-refractivity contribution in [1.82, 2.24) is 10.3 Å². The highest BCUT2D eigenvalue weighted by Crippen LogP contribution is 2.38. The van der Waals surface area contributed by atoms with E-state index in [1.165, 1.54) is 0 Å². The molecular formula is C13H18N2OS2. The van der Waals surface area contributed by atoms with Crippen LogP contribution in [0.15, 0.2) is 24.5 Å². The number of rotatable bonds is 3. The molecule has 2 heterocycles. The Morgan fingerprint density at radius 2 is 2.44 bits per heavy atom. The number of likely N-dealkylation sites (N-methyl/N-ethyl adjacent to an activating group) is 1. The van der Waals surface area contributed by atoms with E-state index in [9.17, 15) is 4.21 Å². The molecule has 5 heteroatoms. The third kappa shape index (κ3) is 2.34. The number of thiocarbonyl (C=S) groups is 1. The molecule has 2 atom stereocenters. The maximum Gasteiger partial charge on any atom is 0.122 e. The van der Waals surface area contributed by atoms with E-state index in [0.717, 1.165) is 37.1 Å². The van der Waals surface area contributed by atoms with Crippen LogP contribution in [0.5, 0.6) is 0 Å². The fourth-order valence-corrected chi connectivity index (χ4v) is 4.92. The Kier molecular flexibility index (Phi) is 4.45. The van der Waals surface area contributed by atoms with E-state index in [1.54, 1.807) is 12.4 Å². The maximum atomic E-state index is 12.6. The fourth-order valence-electron chi connectivity index (χ4n) is 2.42. The van der Waals surface area contributed by atoms with Crippen molar-refractivity contribution in [1.29, 1.82) is 0 Å². The Labute approximate surface area is 116 Å². The summed E-state index contributed by atoms with van der Waals surface area (Å²) < 4.78 is 12.1. The van der Waals surface area contributed by atoms with E-state index < -0.39 is 15.5 Å². The highest BCUT2D eigenvalue weighted by molar-refractivity contribution is 7.90. The molecule has 0 amide bonds. The Hall–Kier alpha value is -0.810. The van der Waals surface area contributed by atoms with E-state index in [0.29, 0.717) is 4.99 Å². The molecule has 18 heavy (non-hydrogen) atoms. The summed E-state index contributed by atoms with van der Waals surface area (Å²) in [5.41, 5.74) is 0.981. The summed E-state index contributed by atoms with van der Waals surface area (Å²) in [7, 11) is -0.963. The van der Waals surface area contributed by atoms with Crippen molar-refractivity contribution in [2.45, 2.75) is 30.9 Å². The third-order valence-electron chi connectivity index (χ3n) is 3.33. The lowest BCUT2D eigenvalue weighted by atomic mass is 9.93. The summed E-state index contributed by atoms with van der Waals surface area (Å²) in [6.45, 7) is 2.77. The molecule has 1 saturated heterocycles.